The first-order valence-electron chi connectivity index (χ1n) is 15.0. The zero-order chi connectivity index (χ0) is 28.6. The van der Waals surface area contributed by atoms with Gasteiger partial charge in [0.25, 0.3) is 5.91 Å². The lowest BCUT2D eigenvalue weighted by Gasteiger charge is -2.30. The van der Waals surface area contributed by atoms with E-state index in [1.54, 1.807) is 24.1 Å². The van der Waals surface area contributed by atoms with Crippen LogP contribution in [0.3, 0.4) is 0 Å². The molecule has 2 aromatic carbocycles. The molecule has 40 heavy (non-hydrogen) atoms. The van der Waals surface area contributed by atoms with Gasteiger partial charge in [-0.1, -0.05) is 56.2 Å². The highest BCUT2D eigenvalue weighted by Crippen LogP contribution is 2.30. The van der Waals surface area contributed by atoms with Crippen LogP contribution < -0.4 is 15.8 Å². The SMILES string of the molecule is COc1cccc(C(=O)N2CC(N(Cc3ccc(C)cc3)CC(C)C)CC2C(=O)NCC2CCCC(CN)C2)c1. The Morgan fingerprint density at radius 1 is 1.10 bits per heavy atom. The Bertz CT molecular complexity index is 1120. The van der Waals surface area contributed by atoms with Gasteiger partial charge in [0.15, 0.2) is 0 Å². The van der Waals surface area contributed by atoms with Gasteiger partial charge in [0, 0.05) is 37.8 Å². The van der Waals surface area contributed by atoms with Crippen molar-refractivity contribution in [1.82, 2.24) is 15.1 Å². The molecule has 4 rings (SSSR count). The second kappa shape index (κ2) is 14.1. The Hall–Kier alpha value is -2.90. The lowest BCUT2D eigenvalue weighted by atomic mass is 9.81. The van der Waals surface area contributed by atoms with Gasteiger partial charge in [0.05, 0.1) is 7.11 Å². The van der Waals surface area contributed by atoms with Crippen LogP contribution in [0.4, 0.5) is 0 Å². The third-order valence-electron chi connectivity index (χ3n) is 8.57. The molecule has 0 aromatic heterocycles. The number of amides is 2. The molecule has 2 amide bonds. The van der Waals surface area contributed by atoms with Crippen molar-refractivity contribution in [3.63, 3.8) is 0 Å². The van der Waals surface area contributed by atoms with E-state index in [0.29, 0.717) is 55.1 Å². The van der Waals surface area contributed by atoms with Crippen LogP contribution in [0.1, 0.15) is 67.4 Å². The van der Waals surface area contributed by atoms with Crippen LogP contribution in [0.15, 0.2) is 48.5 Å². The monoisotopic (exact) mass is 548 g/mol. The third kappa shape index (κ3) is 7.85. The minimum atomic E-state index is -0.509. The number of hydrogen-bond donors (Lipinski definition) is 2. The average molecular weight is 549 g/mol. The van der Waals surface area contributed by atoms with E-state index in [1.165, 1.54) is 17.5 Å². The quantitative estimate of drug-likeness (QED) is 0.428. The highest BCUT2D eigenvalue weighted by atomic mass is 16.5. The number of nitrogens with two attached hydrogens (primary N) is 1. The van der Waals surface area contributed by atoms with E-state index in [2.05, 4.69) is 55.3 Å². The number of rotatable bonds is 11. The fourth-order valence-corrected chi connectivity index (χ4v) is 6.38. The van der Waals surface area contributed by atoms with Gasteiger partial charge in [0.2, 0.25) is 5.91 Å². The Kier molecular flexibility index (Phi) is 10.6. The molecule has 0 bridgehead atoms. The van der Waals surface area contributed by atoms with Gasteiger partial charge in [-0.05, 0) is 80.7 Å². The second-order valence-electron chi connectivity index (χ2n) is 12.3. The summed E-state index contributed by atoms with van der Waals surface area (Å²) in [5.41, 5.74) is 8.98. The molecule has 2 aliphatic rings. The first-order chi connectivity index (χ1) is 19.3. The lowest BCUT2D eigenvalue weighted by Crippen LogP contribution is -2.47. The zero-order valence-corrected chi connectivity index (χ0v) is 24.8. The van der Waals surface area contributed by atoms with Crippen LogP contribution in [-0.2, 0) is 11.3 Å². The van der Waals surface area contributed by atoms with Crippen molar-refractivity contribution in [2.45, 2.75) is 71.5 Å². The molecule has 3 N–H and O–H groups in total. The van der Waals surface area contributed by atoms with E-state index in [1.807, 2.05) is 12.1 Å². The minimum absolute atomic E-state index is 0.0477. The number of carbonyl (C=O) groups is 2. The molecule has 4 unspecified atom stereocenters. The van der Waals surface area contributed by atoms with Crippen molar-refractivity contribution in [1.29, 1.82) is 0 Å². The van der Waals surface area contributed by atoms with Gasteiger partial charge in [-0.15, -0.1) is 0 Å². The van der Waals surface area contributed by atoms with Crippen molar-refractivity contribution in [2.24, 2.45) is 23.5 Å². The molecule has 2 fully saturated rings. The number of benzene rings is 2. The normalized spacial score (nSPS) is 23.0. The number of methoxy groups -OCH3 is 1. The van der Waals surface area contributed by atoms with Gasteiger partial charge >= 0.3 is 0 Å². The molecule has 1 saturated heterocycles. The number of ether oxygens (including phenoxy) is 1. The Morgan fingerprint density at radius 3 is 2.55 bits per heavy atom. The second-order valence-corrected chi connectivity index (χ2v) is 12.3. The Morgan fingerprint density at radius 2 is 1.85 bits per heavy atom. The van der Waals surface area contributed by atoms with Gasteiger partial charge in [-0.3, -0.25) is 14.5 Å². The molecule has 0 radical (unpaired) electrons. The maximum atomic E-state index is 13.9. The van der Waals surface area contributed by atoms with Gasteiger partial charge in [0.1, 0.15) is 11.8 Å². The molecule has 0 spiro atoms. The summed E-state index contributed by atoms with van der Waals surface area (Å²) in [6, 6.07) is 15.5. The van der Waals surface area contributed by atoms with Crippen molar-refractivity contribution in [2.75, 3.05) is 33.3 Å². The molecule has 4 atom stereocenters. The van der Waals surface area contributed by atoms with Crippen molar-refractivity contribution in [3.05, 3.63) is 65.2 Å². The molecule has 218 valence electrons. The van der Waals surface area contributed by atoms with E-state index in [0.717, 1.165) is 32.4 Å². The molecular weight excluding hydrogens is 500 g/mol. The maximum Gasteiger partial charge on any atom is 0.254 e. The molecule has 1 aliphatic heterocycles. The predicted octanol–water partition coefficient (Wildman–Crippen LogP) is 4.63. The van der Waals surface area contributed by atoms with Gasteiger partial charge in [-0.25, -0.2) is 0 Å². The van der Waals surface area contributed by atoms with Crippen LogP contribution in [0, 0.1) is 24.7 Å². The highest BCUT2D eigenvalue weighted by molar-refractivity contribution is 5.98. The highest BCUT2D eigenvalue weighted by Gasteiger charge is 2.42. The summed E-state index contributed by atoms with van der Waals surface area (Å²) in [5, 5.41) is 3.24. The first kappa shape index (κ1) is 30.1. The number of aryl methyl sites for hydroxylation is 1. The number of likely N-dealkylation sites (tertiary alicyclic amines) is 1. The van der Waals surface area contributed by atoms with E-state index in [-0.39, 0.29) is 17.9 Å². The average Bonchev–Trinajstić information content (AvgIpc) is 3.42. The van der Waals surface area contributed by atoms with Crippen LogP contribution in [0.5, 0.6) is 5.75 Å². The summed E-state index contributed by atoms with van der Waals surface area (Å²) < 4.78 is 5.38. The van der Waals surface area contributed by atoms with Crippen LogP contribution >= 0.6 is 0 Å². The van der Waals surface area contributed by atoms with Gasteiger partial charge in [-0.2, -0.15) is 0 Å². The topological polar surface area (TPSA) is 87.9 Å². The molecule has 1 heterocycles. The zero-order valence-electron chi connectivity index (χ0n) is 24.8. The summed E-state index contributed by atoms with van der Waals surface area (Å²) in [6.07, 6.45) is 5.15. The summed E-state index contributed by atoms with van der Waals surface area (Å²) in [7, 11) is 1.60. The standard InChI is InChI=1S/C33H48N4O3/c1-23(2)20-36(21-25-13-11-24(3)12-14-25)29-17-31(32(38)35-19-27-8-5-7-26(15-27)18-34)37(22-29)33(39)28-9-6-10-30(16-28)40-4/h6,9-14,16,23,26-27,29,31H,5,7-8,15,17-22,34H2,1-4H3,(H,35,38). The number of carbonyl (C=O) groups excluding carboxylic acids is 2. The molecule has 1 aliphatic carbocycles. The summed E-state index contributed by atoms with van der Waals surface area (Å²) in [5.74, 6) is 1.92. The lowest BCUT2D eigenvalue weighted by molar-refractivity contribution is -0.125. The minimum Gasteiger partial charge on any atom is -0.497 e. The fraction of sp³-hybridized carbons (Fsp3) is 0.576. The van der Waals surface area contributed by atoms with E-state index >= 15 is 0 Å². The van der Waals surface area contributed by atoms with Crippen LogP contribution in [-0.4, -0.2) is 67.0 Å². The number of nitrogens with one attached hydrogen (secondary N) is 1. The number of nitrogens with zero attached hydrogens (tertiary/aromatic N) is 2. The molecule has 7 heteroatoms. The largest absolute Gasteiger partial charge is 0.497 e. The van der Waals surface area contributed by atoms with Crippen LogP contribution in [0.25, 0.3) is 0 Å². The van der Waals surface area contributed by atoms with E-state index in [9.17, 15) is 9.59 Å². The molecule has 1 saturated carbocycles. The summed E-state index contributed by atoms with van der Waals surface area (Å²) >= 11 is 0. The molecular formula is C33H48N4O3. The van der Waals surface area contributed by atoms with Crippen LogP contribution in [0.2, 0.25) is 0 Å². The van der Waals surface area contributed by atoms with Crippen molar-refractivity contribution < 1.29 is 14.3 Å². The summed E-state index contributed by atoms with van der Waals surface area (Å²) in [4.78, 5) is 31.8. The number of hydrogen-bond acceptors (Lipinski definition) is 5. The maximum absolute atomic E-state index is 13.9. The van der Waals surface area contributed by atoms with Crippen molar-refractivity contribution in [3.8, 4) is 5.75 Å². The molecule has 2 aromatic rings. The van der Waals surface area contributed by atoms with E-state index in [4.69, 9.17) is 10.5 Å². The first-order valence-corrected chi connectivity index (χ1v) is 15.0. The fourth-order valence-electron chi connectivity index (χ4n) is 6.38. The molecule has 7 nitrogen and oxygen atoms in total. The third-order valence-corrected chi connectivity index (χ3v) is 8.57. The predicted molar refractivity (Wildman–Crippen MR) is 160 cm³/mol. The summed E-state index contributed by atoms with van der Waals surface area (Å²) in [6.45, 7) is 10.1. The van der Waals surface area contributed by atoms with Gasteiger partial charge < -0.3 is 20.7 Å². The Balaban J connectivity index is 1.54. The van der Waals surface area contributed by atoms with E-state index < -0.39 is 6.04 Å². The Labute approximate surface area is 240 Å². The smallest absolute Gasteiger partial charge is 0.254 e. The van der Waals surface area contributed by atoms with Crippen molar-refractivity contribution >= 4 is 11.8 Å².